The number of rotatable bonds is 8. The standard InChI is InChI=1S/C20H15Cl3N6O4/c1-10(33-24-9-30)29-15(18(31)12-3-2-11(21)6-13(12)22)7-28(20(29)32)8-17-25-14-4-5-16(23)26-19(14)27-17/h2-7,9-10H,8H2,1H3,(H,24,30)(H,25,26,27). The van der Waals surface area contributed by atoms with E-state index in [1.54, 1.807) is 12.1 Å². The van der Waals surface area contributed by atoms with Crippen LogP contribution in [0.1, 0.15) is 35.0 Å². The molecule has 4 aromatic rings. The number of hydroxylamine groups is 1. The molecular formula is C20H15Cl3N6O4. The lowest BCUT2D eigenvalue weighted by atomic mass is 10.1. The molecule has 0 fully saturated rings. The van der Waals surface area contributed by atoms with Crippen LogP contribution in [0.2, 0.25) is 15.2 Å². The monoisotopic (exact) mass is 508 g/mol. The van der Waals surface area contributed by atoms with Gasteiger partial charge < -0.3 is 4.98 Å². The van der Waals surface area contributed by atoms with Gasteiger partial charge in [-0.05, 0) is 37.3 Å². The van der Waals surface area contributed by atoms with Gasteiger partial charge in [-0.2, -0.15) is 0 Å². The lowest BCUT2D eigenvalue weighted by Crippen LogP contribution is -2.32. The van der Waals surface area contributed by atoms with Gasteiger partial charge in [0.1, 0.15) is 16.7 Å². The topological polar surface area (TPSA) is 124 Å². The number of pyridine rings is 1. The predicted molar refractivity (Wildman–Crippen MR) is 122 cm³/mol. The van der Waals surface area contributed by atoms with E-state index in [2.05, 4.69) is 15.0 Å². The van der Waals surface area contributed by atoms with Crippen LogP contribution in [0.3, 0.4) is 0 Å². The molecule has 1 aromatic carbocycles. The summed E-state index contributed by atoms with van der Waals surface area (Å²) in [5.41, 5.74) is 2.62. The zero-order valence-corrected chi connectivity index (χ0v) is 19.1. The Balaban J connectivity index is 1.77. The van der Waals surface area contributed by atoms with Gasteiger partial charge >= 0.3 is 5.69 Å². The van der Waals surface area contributed by atoms with E-state index in [-0.39, 0.29) is 28.0 Å². The highest BCUT2D eigenvalue weighted by Gasteiger charge is 2.25. The van der Waals surface area contributed by atoms with Crippen LogP contribution in [0.4, 0.5) is 0 Å². The summed E-state index contributed by atoms with van der Waals surface area (Å²) < 4.78 is 2.37. The lowest BCUT2D eigenvalue weighted by Gasteiger charge is -2.14. The molecule has 1 amide bonds. The number of ketones is 1. The van der Waals surface area contributed by atoms with Gasteiger partial charge in [-0.25, -0.2) is 25.1 Å². The maximum absolute atomic E-state index is 13.3. The minimum absolute atomic E-state index is 0.00225. The summed E-state index contributed by atoms with van der Waals surface area (Å²) in [4.78, 5) is 53.8. The number of hydrogen-bond donors (Lipinski definition) is 2. The van der Waals surface area contributed by atoms with Gasteiger partial charge in [-0.3, -0.25) is 18.7 Å². The SMILES string of the molecule is CC(ONC=O)n1c(C(=O)c2ccc(Cl)cc2Cl)cn(Cc2nc3nc(Cl)ccc3[nH]2)c1=O. The Hall–Kier alpha value is -3.18. The van der Waals surface area contributed by atoms with Crippen LogP contribution >= 0.6 is 34.8 Å². The van der Waals surface area contributed by atoms with Crippen molar-refractivity contribution < 1.29 is 14.4 Å². The molecule has 0 saturated carbocycles. The van der Waals surface area contributed by atoms with Crippen molar-refractivity contribution >= 4 is 58.2 Å². The summed E-state index contributed by atoms with van der Waals surface area (Å²) in [7, 11) is 0. The van der Waals surface area contributed by atoms with Gasteiger partial charge in [0.25, 0.3) is 0 Å². The van der Waals surface area contributed by atoms with Crippen molar-refractivity contribution in [2.45, 2.75) is 19.7 Å². The number of nitrogens with zero attached hydrogens (tertiary/aromatic N) is 4. The summed E-state index contributed by atoms with van der Waals surface area (Å²) in [5, 5.41) is 0.765. The van der Waals surface area contributed by atoms with Crippen LogP contribution in [0.25, 0.3) is 11.2 Å². The number of benzene rings is 1. The van der Waals surface area contributed by atoms with E-state index in [0.29, 0.717) is 28.4 Å². The zero-order valence-electron chi connectivity index (χ0n) is 16.9. The normalized spacial score (nSPS) is 12.1. The van der Waals surface area contributed by atoms with E-state index < -0.39 is 17.7 Å². The number of nitrogens with one attached hydrogen (secondary N) is 2. The van der Waals surface area contributed by atoms with E-state index in [0.717, 1.165) is 4.57 Å². The summed E-state index contributed by atoms with van der Waals surface area (Å²) in [6.45, 7) is 1.50. The first kappa shape index (κ1) is 23.0. The molecule has 4 rings (SSSR count). The van der Waals surface area contributed by atoms with Crippen molar-refractivity contribution in [3.63, 3.8) is 0 Å². The van der Waals surface area contributed by atoms with Crippen LogP contribution in [0.5, 0.6) is 0 Å². The Bertz CT molecular complexity index is 1430. The molecule has 13 heteroatoms. The predicted octanol–water partition coefficient (Wildman–Crippen LogP) is 3.36. The molecule has 0 aliphatic heterocycles. The molecule has 3 aromatic heterocycles. The molecule has 0 spiro atoms. The molecule has 10 nitrogen and oxygen atoms in total. The van der Waals surface area contributed by atoms with Gasteiger partial charge in [-0.15, -0.1) is 0 Å². The number of hydrogen-bond acceptors (Lipinski definition) is 6. The van der Waals surface area contributed by atoms with Crippen LogP contribution in [-0.4, -0.2) is 36.3 Å². The van der Waals surface area contributed by atoms with E-state index in [1.807, 2.05) is 5.48 Å². The first-order chi connectivity index (χ1) is 15.8. The second kappa shape index (κ2) is 9.36. The number of aromatic nitrogens is 5. The number of fused-ring (bicyclic) bond motifs is 1. The highest BCUT2D eigenvalue weighted by Crippen LogP contribution is 2.24. The number of carbonyl (C=O) groups is 2. The van der Waals surface area contributed by atoms with Crippen LogP contribution in [0, 0.1) is 0 Å². The fourth-order valence-corrected chi connectivity index (χ4v) is 3.92. The molecule has 0 aliphatic rings. The zero-order chi connectivity index (χ0) is 23.7. The van der Waals surface area contributed by atoms with E-state index in [9.17, 15) is 14.4 Å². The van der Waals surface area contributed by atoms with Gasteiger partial charge in [0, 0.05) is 16.8 Å². The van der Waals surface area contributed by atoms with Crippen molar-refractivity contribution in [2.75, 3.05) is 0 Å². The molecular weight excluding hydrogens is 495 g/mol. The number of halogens is 3. The molecule has 0 bridgehead atoms. The van der Waals surface area contributed by atoms with Crippen molar-refractivity contribution in [1.82, 2.24) is 29.6 Å². The Morgan fingerprint density at radius 3 is 2.76 bits per heavy atom. The molecule has 0 saturated heterocycles. The van der Waals surface area contributed by atoms with Gasteiger partial charge in [0.2, 0.25) is 12.2 Å². The van der Waals surface area contributed by atoms with E-state index >= 15 is 0 Å². The Kier molecular flexibility index (Phi) is 6.52. The minimum atomic E-state index is -1.01. The number of H-pyrrole nitrogens is 1. The number of carbonyl (C=O) groups excluding carboxylic acids is 2. The van der Waals surface area contributed by atoms with Gasteiger partial charge in [-0.1, -0.05) is 34.8 Å². The maximum Gasteiger partial charge on any atom is 0.331 e. The minimum Gasteiger partial charge on any atom is -0.339 e. The van der Waals surface area contributed by atoms with E-state index in [4.69, 9.17) is 39.6 Å². The molecule has 0 radical (unpaired) electrons. The first-order valence-corrected chi connectivity index (χ1v) is 10.6. The quantitative estimate of drug-likeness (QED) is 0.162. The Morgan fingerprint density at radius 2 is 2.03 bits per heavy atom. The second-order valence-electron chi connectivity index (χ2n) is 6.89. The van der Waals surface area contributed by atoms with Crippen molar-refractivity contribution in [3.8, 4) is 0 Å². The van der Waals surface area contributed by atoms with Crippen molar-refractivity contribution in [3.05, 3.63) is 79.3 Å². The Labute approximate surface area is 201 Å². The largest absolute Gasteiger partial charge is 0.339 e. The second-order valence-corrected chi connectivity index (χ2v) is 8.12. The summed E-state index contributed by atoms with van der Waals surface area (Å²) >= 11 is 18.0. The third kappa shape index (κ3) is 4.64. The molecule has 2 N–H and O–H groups in total. The molecule has 33 heavy (non-hydrogen) atoms. The first-order valence-electron chi connectivity index (χ1n) is 9.46. The molecule has 170 valence electrons. The van der Waals surface area contributed by atoms with Crippen LogP contribution in [-0.2, 0) is 16.2 Å². The average molecular weight is 510 g/mol. The summed E-state index contributed by atoms with van der Waals surface area (Å²) in [5.74, 6) is -0.116. The number of aromatic amines is 1. The summed E-state index contributed by atoms with van der Waals surface area (Å²) in [6, 6.07) is 7.73. The van der Waals surface area contributed by atoms with Gasteiger partial charge in [0.05, 0.1) is 17.1 Å². The molecule has 0 aliphatic carbocycles. The lowest BCUT2D eigenvalue weighted by molar-refractivity contribution is -0.129. The maximum atomic E-state index is 13.3. The van der Waals surface area contributed by atoms with Crippen molar-refractivity contribution in [1.29, 1.82) is 0 Å². The molecule has 1 atom stereocenters. The Morgan fingerprint density at radius 1 is 1.24 bits per heavy atom. The average Bonchev–Trinajstić information content (AvgIpc) is 3.31. The number of amides is 1. The van der Waals surface area contributed by atoms with Crippen molar-refractivity contribution in [2.24, 2.45) is 0 Å². The smallest absolute Gasteiger partial charge is 0.331 e. The number of imidazole rings is 2. The highest BCUT2D eigenvalue weighted by atomic mass is 35.5. The molecule has 1 unspecified atom stereocenters. The highest BCUT2D eigenvalue weighted by molar-refractivity contribution is 6.37. The van der Waals surface area contributed by atoms with E-state index in [1.165, 1.54) is 35.9 Å². The van der Waals surface area contributed by atoms with Crippen LogP contribution < -0.4 is 11.2 Å². The fraction of sp³-hybridized carbons (Fsp3) is 0.150. The van der Waals surface area contributed by atoms with Crippen LogP contribution in [0.15, 0.2) is 41.3 Å². The summed E-state index contributed by atoms with van der Waals surface area (Å²) in [6.07, 6.45) is 0.664. The third-order valence-corrected chi connectivity index (χ3v) is 5.49. The van der Waals surface area contributed by atoms with Gasteiger partial charge in [0.15, 0.2) is 11.9 Å². The molecule has 3 heterocycles. The third-order valence-electron chi connectivity index (χ3n) is 4.73. The fourth-order valence-electron chi connectivity index (χ4n) is 3.29.